The number of rotatable bonds is 13. The summed E-state index contributed by atoms with van der Waals surface area (Å²) in [5, 5.41) is 2.61. The van der Waals surface area contributed by atoms with Gasteiger partial charge in [-0.15, -0.1) is 0 Å². The van der Waals surface area contributed by atoms with Crippen molar-refractivity contribution in [1.82, 2.24) is 19.5 Å². The third-order valence-corrected chi connectivity index (χ3v) is 9.08. The number of aromatic amines is 1. The highest BCUT2D eigenvalue weighted by Gasteiger charge is 2.43. The summed E-state index contributed by atoms with van der Waals surface area (Å²) >= 11 is 0. The molecule has 0 spiro atoms. The summed E-state index contributed by atoms with van der Waals surface area (Å²) in [6.07, 6.45) is -1.02. The van der Waals surface area contributed by atoms with Crippen molar-refractivity contribution in [2.24, 2.45) is 5.92 Å². The molecule has 1 amide bonds. The smallest absolute Gasteiger partial charge is 0.316 e. The van der Waals surface area contributed by atoms with Crippen molar-refractivity contribution in [2.45, 2.75) is 44.3 Å². The minimum Gasteiger partial charge on any atom is -0.497 e. The molecule has 1 saturated heterocycles. The van der Waals surface area contributed by atoms with E-state index in [1.165, 1.54) is 10.9 Å². The second-order valence-corrected chi connectivity index (χ2v) is 12.8. The largest absolute Gasteiger partial charge is 0.497 e. The van der Waals surface area contributed by atoms with Crippen molar-refractivity contribution in [1.29, 1.82) is 0 Å². The number of benzene rings is 3. The van der Waals surface area contributed by atoms with Crippen LogP contribution in [0.1, 0.15) is 43.2 Å². The lowest BCUT2D eigenvalue weighted by Crippen LogP contribution is -2.38. The molecule has 1 aliphatic rings. The number of hydrogen-bond donors (Lipinski definition) is 3. The molecular weight excluding hydrogens is 665 g/mol. The summed E-state index contributed by atoms with van der Waals surface area (Å²) in [5.41, 5.74) is 0.852. The minimum atomic E-state index is -3.40. The van der Waals surface area contributed by atoms with Crippen molar-refractivity contribution in [3.05, 3.63) is 112 Å². The van der Waals surface area contributed by atoms with Gasteiger partial charge in [0.1, 0.15) is 29.4 Å². The molecule has 0 saturated carbocycles. The van der Waals surface area contributed by atoms with Crippen LogP contribution >= 0.6 is 8.25 Å². The van der Waals surface area contributed by atoms with Crippen LogP contribution < -0.4 is 20.3 Å². The number of aromatic nitrogens is 4. The molecule has 1 unspecified atom stereocenters. The third-order valence-electron chi connectivity index (χ3n) is 8.58. The van der Waals surface area contributed by atoms with E-state index >= 15 is 0 Å². The van der Waals surface area contributed by atoms with Crippen molar-refractivity contribution < 1.29 is 37.7 Å². The Kier molecular flexibility index (Phi) is 10.5. The Morgan fingerprint density at radius 1 is 1.02 bits per heavy atom. The fraction of sp³-hybridized carbons (Fsp3) is 0.314. The maximum absolute atomic E-state index is 12.9. The molecule has 3 heterocycles. The van der Waals surface area contributed by atoms with E-state index in [9.17, 15) is 19.0 Å². The van der Waals surface area contributed by atoms with Crippen LogP contribution in [0.25, 0.3) is 11.2 Å². The number of carbonyl (C=O) groups excluding carboxylic acids is 1. The molecule has 0 aliphatic carbocycles. The molecule has 0 radical (unpaired) electrons. The zero-order chi connectivity index (χ0) is 35.4. The van der Waals surface area contributed by atoms with E-state index in [0.717, 1.165) is 16.7 Å². The molecule has 14 nitrogen and oxygen atoms in total. The van der Waals surface area contributed by atoms with Crippen LogP contribution in [0.15, 0.2) is 90.0 Å². The van der Waals surface area contributed by atoms with E-state index in [2.05, 4.69) is 20.3 Å². The number of ether oxygens (including phenoxy) is 4. The quantitative estimate of drug-likeness (QED) is 0.114. The molecule has 1 aliphatic heterocycles. The van der Waals surface area contributed by atoms with Gasteiger partial charge in [0.2, 0.25) is 11.9 Å². The number of anilines is 1. The summed E-state index contributed by atoms with van der Waals surface area (Å²) in [7, 11) is -0.207. The molecule has 2 aromatic heterocycles. The lowest BCUT2D eigenvalue weighted by Gasteiger charge is -2.37. The van der Waals surface area contributed by atoms with Gasteiger partial charge in [0, 0.05) is 12.3 Å². The van der Waals surface area contributed by atoms with E-state index < -0.39 is 37.9 Å². The van der Waals surface area contributed by atoms with Crippen LogP contribution in [-0.2, 0) is 29.0 Å². The first kappa shape index (κ1) is 35.0. The summed E-state index contributed by atoms with van der Waals surface area (Å²) in [5.74, 6) is 0.616. The normalized spacial score (nSPS) is 18.3. The Balaban J connectivity index is 1.38. The number of hydrogen-bond acceptors (Lipinski definition) is 10. The van der Waals surface area contributed by atoms with Gasteiger partial charge in [-0.25, -0.2) is 4.98 Å². The first-order valence-electron chi connectivity index (χ1n) is 15.9. The summed E-state index contributed by atoms with van der Waals surface area (Å²) in [6.45, 7) is 3.35. The highest BCUT2D eigenvalue weighted by molar-refractivity contribution is 7.32. The predicted octanol–water partition coefficient (Wildman–Crippen LogP) is 4.79. The van der Waals surface area contributed by atoms with Gasteiger partial charge < -0.3 is 28.4 Å². The van der Waals surface area contributed by atoms with Gasteiger partial charge in [0.05, 0.1) is 33.3 Å². The molecule has 5 aromatic rings. The van der Waals surface area contributed by atoms with Crippen LogP contribution in [0, 0.1) is 5.92 Å². The lowest BCUT2D eigenvalue weighted by atomic mass is 9.80. The number of H-pyrrole nitrogens is 1. The Hall–Kier alpha value is -4.85. The Labute approximate surface area is 288 Å². The SMILES string of the molecule is COc1ccc(C(OC[C@H]2O[C@@H](n3cnc4c(=O)[nH]c(NC(=O)C(C)C)nc43)C[C@H]2O[PH](=O)O)(c2ccccc2)c2ccc(OC)cc2)cc1. The lowest BCUT2D eigenvalue weighted by molar-refractivity contribution is -0.118. The second-order valence-electron chi connectivity index (χ2n) is 12.0. The monoisotopic (exact) mass is 703 g/mol. The molecule has 3 N–H and O–H groups in total. The first-order valence-corrected chi connectivity index (χ1v) is 17.2. The number of methoxy groups -OCH3 is 2. The Bertz CT molecular complexity index is 1970. The highest BCUT2D eigenvalue weighted by atomic mass is 31.1. The van der Waals surface area contributed by atoms with Gasteiger partial charge >= 0.3 is 8.25 Å². The van der Waals surface area contributed by atoms with Crippen LogP contribution in [0.2, 0.25) is 0 Å². The topological polar surface area (TPSA) is 176 Å². The van der Waals surface area contributed by atoms with E-state index in [0.29, 0.717) is 11.5 Å². The van der Waals surface area contributed by atoms with Crippen LogP contribution in [-0.4, -0.2) is 63.4 Å². The number of amides is 1. The van der Waals surface area contributed by atoms with Gasteiger partial charge in [-0.2, -0.15) is 4.98 Å². The maximum atomic E-state index is 12.9. The zero-order valence-electron chi connectivity index (χ0n) is 27.9. The summed E-state index contributed by atoms with van der Waals surface area (Å²) in [6, 6.07) is 24.8. The van der Waals surface area contributed by atoms with Gasteiger partial charge in [-0.05, 0) is 41.0 Å². The summed E-state index contributed by atoms with van der Waals surface area (Å²) < 4.78 is 43.4. The molecule has 262 valence electrons. The zero-order valence-corrected chi connectivity index (χ0v) is 28.9. The van der Waals surface area contributed by atoms with Gasteiger partial charge in [-0.1, -0.05) is 68.4 Å². The van der Waals surface area contributed by atoms with E-state index in [1.807, 2.05) is 78.9 Å². The fourth-order valence-corrected chi connectivity index (χ4v) is 6.52. The van der Waals surface area contributed by atoms with Crippen molar-refractivity contribution in [3.8, 4) is 11.5 Å². The molecule has 4 atom stereocenters. The molecule has 6 rings (SSSR count). The van der Waals surface area contributed by atoms with Gasteiger partial charge in [0.25, 0.3) is 5.56 Å². The number of fused-ring (bicyclic) bond motifs is 1. The van der Waals surface area contributed by atoms with Crippen LogP contribution in [0.3, 0.4) is 0 Å². The predicted molar refractivity (Wildman–Crippen MR) is 185 cm³/mol. The molecule has 3 aromatic carbocycles. The molecule has 0 bridgehead atoms. The fourth-order valence-electron chi connectivity index (χ4n) is 6.01. The average Bonchev–Trinajstić information content (AvgIpc) is 3.73. The van der Waals surface area contributed by atoms with E-state index in [4.69, 9.17) is 23.5 Å². The van der Waals surface area contributed by atoms with Gasteiger partial charge in [-0.3, -0.25) is 29.0 Å². The third kappa shape index (κ3) is 7.07. The molecular formula is C35H38N5O9P. The Morgan fingerprint density at radius 3 is 2.18 bits per heavy atom. The Morgan fingerprint density at radius 2 is 1.62 bits per heavy atom. The molecule has 50 heavy (non-hydrogen) atoms. The number of carbonyl (C=O) groups is 1. The first-order chi connectivity index (χ1) is 24.1. The number of imidazole rings is 1. The van der Waals surface area contributed by atoms with E-state index in [-0.39, 0.29) is 42.0 Å². The molecule has 1 fully saturated rings. The van der Waals surface area contributed by atoms with Gasteiger partial charge in [0.15, 0.2) is 11.2 Å². The number of nitrogens with one attached hydrogen (secondary N) is 2. The second kappa shape index (κ2) is 15.0. The highest BCUT2D eigenvalue weighted by Crippen LogP contribution is 2.44. The van der Waals surface area contributed by atoms with Crippen molar-refractivity contribution in [2.75, 3.05) is 26.1 Å². The standard InChI is InChI=1S/C35H38N5O9P/c1-21(2)32(41)38-34-37-31-30(33(42)39-34)36-20-40(31)29-18-27(49-50(43)44)28(48-29)19-47-35(22-8-6-5-7-9-22,23-10-14-25(45-3)15-11-23)24-12-16-26(46-4)17-13-24/h5-17,20-21,27-29,50H,18-19H2,1-4H3,(H,43,44)(H2,37,38,39,41,42)/t27-,28-,29-/m1/s1. The number of nitrogens with zero attached hydrogens (tertiary/aromatic N) is 3. The van der Waals surface area contributed by atoms with Crippen LogP contribution in [0.4, 0.5) is 5.95 Å². The average molecular weight is 704 g/mol. The molecule has 15 heteroatoms. The minimum absolute atomic E-state index is 0.0335. The van der Waals surface area contributed by atoms with Crippen LogP contribution in [0.5, 0.6) is 11.5 Å². The maximum Gasteiger partial charge on any atom is 0.316 e. The summed E-state index contributed by atoms with van der Waals surface area (Å²) in [4.78, 5) is 46.3. The van der Waals surface area contributed by atoms with Crippen molar-refractivity contribution >= 4 is 31.3 Å². The van der Waals surface area contributed by atoms with E-state index in [1.54, 1.807) is 28.1 Å². The van der Waals surface area contributed by atoms with Crippen molar-refractivity contribution in [3.63, 3.8) is 0 Å².